The van der Waals surface area contributed by atoms with Crippen LogP contribution in [0.5, 0.6) is 17.2 Å². The molecule has 0 saturated heterocycles. The minimum absolute atomic E-state index is 0.00665. The van der Waals surface area contributed by atoms with E-state index >= 15 is 0 Å². The van der Waals surface area contributed by atoms with Crippen molar-refractivity contribution in [1.29, 1.82) is 0 Å². The van der Waals surface area contributed by atoms with Gasteiger partial charge in [-0.25, -0.2) is 4.79 Å². The monoisotopic (exact) mass is 355 g/mol. The minimum Gasteiger partial charge on any atom is -0.497 e. The molecule has 1 aliphatic rings. The van der Waals surface area contributed by atoms with E-state index in [1.165, 1.54) is 13.2 Å². The Morgan fingerprint density at radius 2 is 1.77 bits per heavy atom. The maximum atomic E-state index is 12.4. The highest BCUT2D eigenvalue weighted by Gasteiger charge is 2.17. The van der Waals surface area contributed by atoms with E-state index in [1.807, 2.05) is 0 Å². The van der Waals surface area contributed by atoms with E-state index in [9.17, 15) is 9.59 Å². The molecule has 2 aromatic rings. The topological polar surface area (TPSA) is 83.1 Å². The number of nitrogens with one attached hydrogen (secondary N) is 1. The first-order valence-corrected chi connectivity index (χ1v) is 7.76. The lowest BCUT2D eigenvalue weighted by molar-refractivity contribution is -0.136. The fourth-order valence-electron chi connectivity index (χ4n) is 2.36. The number of hydrogen-bond acceptors (Lipinski definition) is 6. The molecule has 0 aromatic heterocycles. The average Bonchev–Trinajstić information content (AvgIpc) is 3.14. The summed E-state index contributed by atoms with van der Waals surface area (Å²) in [5.41, 5.74) is 1.04. The number of methoxy groups -OCH3 is 2. The molecule has 134 valence electrons. The van der Waals surface area contributed by atoms with Crippen LogP contribution in [0.3, 0.4) is 0 Å². The lowest BCUT2D eigenvalue weighted by Crippen LogP contribution is -2.28. The second kappa shape index (κ2) is 7.60. The van der Waals surface area contributed by atoms with Crippen LogP contribution >= 0.6 is 0 Å². The summed E-state index contributed by atoms with van der Waals surface area (Å²) >= 11 is 0. The number of rotatable bonds is 5. The highest BCUT2D eigenvalue weighted by molar-refractivity contribution is 6.03. The van der Waals surface area contributed by atoms with Crippen molar-refractivity contribution >= 4 is 18.0 Å². The molecule has 26 heavy (non-hydrogen) atoms. The van der Waals surface area contributed by atoms with Crippen LogP contribution in [0.2, 0.25) is 0 Å². The predicted octanol–water partition coefficient (Wildman–Crippen LogP) is 2.37. The van der Waals surface area contributed by atoms with Crippen molar-refractivity contribution in [3.8, 4) is 17.2 Å². The Labute approximate surface area is 150 Å². The van der Waals surface area contributed by atoms with E-state index in [0.29, 0.717) is 28.4 Å². The van der Waals surface area contributed by atoms with Gasteiger partial charge in [0.25, 0.3) is 5.91 Å². The Balaban J connectivity index is 1.83. The van der Waals surface area contributed by atoms with Crippen molar-refractivity contribution in [1.82, 2.24) is 5.32 Å². The van der Waals surface area contributed by atoms with E-state index in [-0.39, 0.29) is 12.5 Å². The smallest absolute Gasteiger partial charge is 0.354 e. The summed E-state index contributed by atoms with van der Waals surface area (Å²) in [5.74, 6) is 0.730. The Hall–Kier alpha value is -3.48. The third-order valence-electron chi connectivity index (χ3n) is 3.71. The van der Waals surface area contributed by atoms with E-state index in [2.05, 4.69) is 5.32 Å². The fraction of sp³-hybridized carbons (Fsp3) is 0.158. The fourth-order valence-corrected chi connectivity index (χ4v) is 2.36. The standard InChI is InChI=1S/C19H17NO6/c1-23-14-6-4-13(5-7-14)18(21)20-15(19(22)24-2)9-12-3-8-16-17(10-12)26-11-25-16/h3-10H,11H2,1-2H3,(H,20,21). The van der Waals surface area contributed by atoms with Crippen molar-refractivity contribution in [3.63, 3.8) is 0 Å². The molecule has 7 nitrogen and oxygen atoms in total. The van der Waals surface area contributed by atoms with Crippen LogP contribution in [0.15, 0.2) is 48.2 Å². The summed E-state index contributed by atoms with van der Waals surface area (Å²) in [5, 5.41) is 2.57. The van der Waals surface area contributed by atoms with Crippen LogP contribution in [0, 0.1) is 0 Å². The van der Waals surface area contributed by atoms with Gasteiger partial charge in [0.05, 0.1) is 14.2 Å². The number of benzene rings is 2. The number of carbonyl (C=O) groups is 2. The Bertz CT molecular complexity index is 857. The highest BCUT2D eigenvalue weighted by atomic mass is 16.7. The van der Waals surface area contributed by atoms with Gasteiger partial charge in [-0.05, 0) is 48.0 Å². The van der Waals surface area contributed by atoms with Gasteiger partial charge >= 0.3 is 5.97 Å². The Morgan fingerprint density at radius 1 is 1.04 bits per heavy atom. The molecule has 2 aromatic carbocycles. The summed E-state index contributed by atoms with van der Waals surface area (Å²) in [7, 11) is 2.79. The van der Waals surface area contributed by atoms with Crippen LogP contribution in [0.25, 0.3) is 6.08 Å². The first-order chi connectivity index (χ1) is 12.6. The maximum Gasteiger partial charge on any atom is 0.354 e. The SMILES string of the molecule is COC(=O)C(=Cc1ccc2c(c1)OCO2)NC(=O)c1ccc(OC)cc1. The summed E-state index contributed by atoms with van der Waals surface area (Å²) in [6.07, 6.45) is 1.51. The van der Waals surface area contributed by atoms with Gasteiger partial charge in [-0.2, -0.15) is 0 Å². The number of carbonyl (C=O) groups excluding carboxylic acids is 2. The summed E-state index contributed by atoms with van der Waals surface area (Å²) in [6, 6.07) is 11.7. The van der Waals surface area contributed by atoms with Gasteiger partial charge in [0.15, 0.2) is 11.5 Å². The summed E-state index contributed by atoms with van der Waals surface area (Å²) in [6.45, 7) is 0.153. The molecule has 1 N–H and O–H groups in total. The highest BCUT2D eigenvalue weighted by Crippen LogP contribution is 2.33. The molecule has 0 bridgehead atoms. The Kier molecular flexibility index (Phi) is 5.07. The minimum atomic E-state index is -0.662. The van der Waals surface area contributed by atoms with Crippen molar-refractivity contribution in [2.45, 2.75) is 0 Å². The lowest BCUT2D eigenvalue weighted by atomic mass is 10.1. The lowest BCUT2D eigenvalue weighted by Gasteiger charge is -2.09. The van der Waals surface area contributed by atoms with Crippen molar-refractivity contribution in [2.24, 2.45) is 0 Å². The molecule has 1 aliphatic heterocycles. The molecular formula is C19H17NO6. The third kappa shape index (κ3) is 3.77. The molecule has 0 fully saturated rings. The van der Waals surface area contributed by atoms with Gasteiger partial charge in [0, 0.05) is 5.56 Å². The molecular weight excluding hydrogens is 338 g/mol. The van der Waals surface area contributed by atoms with Crippen LogP contribution < -0.4 is 19.5 Å². The third-order valence-corrected chi connectivity index (χ3v) is 3.71. The largest absolute Gasteiger partial charge is 0.497 e. The number of fused-ring (bicyclic) bond motifs is 1. The average molecular weight is 355 g/mol. The van der Waals surface area contributed by atoms with Crippen LogP contribution in [-0.2, 0) is 9.53 Å². The zero-order chi connectivity index (χ0) is 18.5. The number of esters is 1. The molecule has 0 aliphatic carbocycles. The van der Waals surface area contributed by atoms with E-state index in [1.54, 1.807) is 49.6 Å². The van der Waals surface area contributed by atoms with Crippen molar-refractivity contribution < 1.29 is 28.5 Å². The molecule has 3 rings (SSSR count). The van der Waals surface area contributed by atoms with Gasteiger partial charge in [-0.3, -0.25) is 4.79 Å². The van der Waals surface area contributed by atoms with Gasteiger partial charge in [-0.15, -0.1) is 0 Å². The van der Waals surface area contributed by atoms with Gasteiger partial charge in [0.1, 0.15) is 11.4 Å². The first kappa shape index (κ1) is 17.3. The molecule has 7 heteroatoms. The van der Waals surface area contributed by atoms with Crippen LogP contribution in [-0.4, -0.2) is 32.9 Å². The van der Waals surface area contributed by atoms with Crippen molar-refractivity contribution in [2.75, 3.05) is 21.0 Å². The molecule has 0 spiro atoms. The summed E-state index contributed by atoms with van der Waals surface area (Å²) < 4.78 is 20.4. The predicted molar refractivity (Wildman–Crippen MR) is 93.0 cm³/mol. The number of hydrogen-bond donors (Lipinski definition) is 1. The van der Waals surface area contributed by atoms with Gasteiger partial charge in [-0.1, -0.05) is 6.07 Å². The van der Waals surface area contributed by atoms with Gasteiger partial charge in [0.2, 0.25) is 6.79 Å². The van der Waals surface area contributed by atoms with Crippen LogP contribution in [0.4, 0.5) is 0 Å². The van der Waals surface area contributed by atoms with Gasteiger partial charge < -0.3 is 24.3 Å². The molecule has 0 atom stereocenters. The molecule has 1 heterocycles. The Morgan fingerprint density at radius 3 is 2.46 bits per heavy atom. The van der Waals surface area contributed by atoms with Crippen LogP contribution in [0.1, 0.15) is 15.9 Å². The number of ether oxygens (including phenoxy) is 4. The second-order valence-electron chi connectivity index (χ2n) is 5.34. The molecule has 1 amide bonds. The van der Waals surface area contributed by atoms with E-state index in [0.717, 1.165) is 0 Å². The zero-order valence-corrected chi connectivity index (χ0v) is 14.3. The normalized spacial score (nSPS) is 12.5. The molecule has 0 radical (unpaired) electrons. The second-order valence-corrected chi connectivity index (χ2v) is 5.34. The maximum absolute atomic E-state index is 12.4. The number of amides is 1. The molecule has 0 saturated carbocycles. The quantitative estimate of drug-likeness (QED) is 0.655. The summed E-state index contributed by atoms with van der Waals surface area (Å²) in [4.78, 5) is 24.4. The van der Waals surface area contributed by atoms with E-state index < -0.39 is 11.9 Å². The first-order valence-electron chi connectivity index (χ1n) is 7.76. The zero-order valence-electron chi connectivity index (χ0n) is 14.3. The van der Waals surface area contributed by atoms with Crippen molar-refractivity contribution in [3.05, 3.63) is 59.3 Å². The molecule has 0 unspecified atom stereocenters. The van der Waals surface area contributed by atoms with E-state index in [4.69, 9.17) is 18.9 Å².